The van der Waals surface area contributed by atoms with Crippen LogP contribution < -0.4 is 4.74 Å². The summed E-state index contributed by atoms with van der Waals surface area (Å²) in [6.45, 7) is 0.931. The molecule has 0 radical (unpaired) electrons. The van der Waals surface area contributed by atoms with E-state index in [1.54, 1.807) is 40.9 Å². The molecule has 0 aliphatic rings. The highest BCUT2D eigenvalue weighted by atomic mass is 16.5. The summed E-state index contributed by atoms with van der Waals surface area (Å²) in [4.78, 5) is 40.5. The largest absolute Gasteiger partial charge is 0.489 e. The lowest BCUT2D eigenvalue weighted by Gasteiger charge is -2.18. The van der Waals surface area contributed by atoms with E-state index in [1.807, 2.05) is 72.8 Å². The van der Waals surface area contributed by atoms with Gasteiger partial charge in [0.1, 0.15) is 18.9 Å². The van der Waals surface area contributed by atoms with Crippen molar-refractivity contribution in [1.82, 2.24) is 9.47 Å². The fraction of sp³-hybridized carbons (Fsp3) is 0.147. The van der Waals surface area contributed by atoms with E-state index in [9.17, 15) is 19.5 Å². The fourth-order valence-corrected chi connectivity index (χ4v) is 4.76. The van der Waals surface area contributed by atoms with Crippen molar-refractivity contribution >= 4 is 28.6 Å². The molecule has 1 aromatic heterocycles. The smallest absolute Gasteiger partial charge is 0.336 e. The zero-order chi connectivity index (χ0) is 28.8. The molecular weight excluding hydrogens is 516 g/mol. The Morgan fingerprint density at radius 1 is 0.780 bits per heavy atom. The fourth-order valence-electron chi connectivity index (χ4n) is 4.76. The van der Waals surface area contributed by atoms with E-state index in [0.717, 1.165) is 17.5 Å². The van der Waals surface area contributed by atoms with Gasteiger partial charge in [-0.1, -0.05) is 78.9 Å². The number of carboxylic acids is 1. The lowest BCUT2D eigenvalue weighted by Crippen LogP contribution is -2.31. The number of aromatic nitrogens is 1. The summed E-state index contributed by atoms with van der Waals surface area (Å²) in [7, 11) is 1.77. The van der Waals surface area contributed by atoms with Crippen LogP contribution in [0.2, 0.25) is 0 Å². The van der Waals surface area contributed by atoms with E-state index in [1.165, 1.54) is 12.1 Å². The van der Waals surface area contributed by atoms with Gasteiger partial charge in [0.05, 0.1) is 5.56 Å². The Kier molecular flexibility index (Phi) is 8.25. The predicted molar refractivity (Wildman–Crippen MR) is 157 cm³/mol. The van der Waals surface area contributed by atoms with E-state index in [-0.39, 0.29) is 23.6 Å². The third-order valence-electron chi connectivity index (χ3n) is 7.06. The van der Waals surface area contributed by atoms with Crippen molar-refractivity contribution in [3.05, 3.63) is 137 Å². The van der Waals surface area contributed by atoms with Crippen LogP contribution in [0.3, 0.4) is 0 Å². The first kappa shape index (κ1) is 27.4. The summed E-state index contributed by atoms with van der Waals surface area (Å²) in [6.07, 6.45) is 2.36. The van der Waals surface area contributed by atoms with Gasteiger partial charge in [0, 0.05) is 41.8 Å². The number of carbonyl (C=O) groups is 3. The van der Waals surface area contributed by atoms with Crippen LogP contribution in [0.25, 0.3) is 10.9 Å². The topological polar surface area (TPSA) is 88.8 Å². The first-order valence-corrected chi connectivity index (χ1v) is 13.3. The van der Waals surface area contributed by atoms with Crippen LogP contribution in [0.5, 0.6) is 5.75 Å². The Bertz CT molecular complexity index is 1690. The normalized spacial score (nSPS) is 10.9. The van der Waals surface area contributed by atoms with E-state index in [4.69, 9.17) is 4.74 Å². The molecule has 0 fully saturated rings. The molecule has 5 aromatic rings. The van der Waals surface area contributed by atoms with Crippen LogP contribution in [0.4, 0.5) is 0 Å². The number of ether oxygens (including phenoxy) is 1. The summed E-state index contributed by atoms with van der Waals surface area (Å²) < 4.78 is 7.76. The summed E-state index contributed by atoms with van der Waals surface area (Å²) >= 11 is 0. The van der Waals surface area contributed by atoms with Crippen LogP contribution in [-0.4, -0.2) is 45.8 Å². The van der Waals surface area contributed by atoms with Crippen LogP contribution in [-0.2, 0) is 24.4 Å². The zero-order valence-corrected chi connectivity index (χ0v) is 22.7. The maximum atomic E-state index is 13.8. The summed E-state index contributed by atoms with van der Waals surface area (Å²) in [5, 5.41) is 10.3. The average molecular weight is 547 g/mol. The quantitative estimate of drug-likeness (QED) is 0.210. The molecule has 0 unspecified atom stereocenters. The molecule has 1 N–H and O–H groups in total. The molecule has 4 aromatic carbocycles. The third kappa shape index (κ3) is 6.36. The van der Waals surface area contributed by atoms with Crippen molar-refractivity contribution in [3.63, 3.8) is 0 Å². The molecule has 0 saturated heterocycles. The minimum absolute atomic E-state index is 0.0276. The van der Waals surface area contributed by atoms with Gasteiger partial charge in [0.2, 0.25) is 5.91 Å². The maximum absolute atomic E-state index is 13.8. The number of hydrogen-bond acceptors (Lipinski definition) is 4. The van der Waals surface area contributed by atoms with Gasteiger partial charge in [-0.15, -0.1) is 0 Å². The van der Waals surface area contributed by atoms with Crippen molar-refractivity contribution in [2.24, 2.45) is 0 Å². The van der Waals surface area contributed by atoms with Gasteiger partial charge in [0.25, 0.3) is 0 Å². The number of carbonyl (C=O) groups excluding carboxylic acids is 2. The second-order valence-corrected chi connectivity index (χ2v) is 9.85. The van der Waals surface area contributed by atoms with Gasteiger partial charge in [-0.3, -0.25) is 9.59 Å². The number of fused-ring (bicyclic) bond motifs is 1. The Hall–Kier alpha value is -5.17. The molecule has 41 heavy (non-hydrogen) atoms. The molecule has 7 heteroatoms. The Morgan fingerprint density at radius 2 is 1.41 bits per heavy atom. The lowest BCUT2D eigenvalue weighted by atomic mass is 9.98. The SMILES string of the molecule is CN(CCc1ccccc1)C(=O)Cn1cc(C(=O)c2ccccc2C(=O)O)c2cc(OCc3ccccc3)ccc21. The summed E-state index contributed by atoms with van der Waals surface area (Å²) in [6, 6.07) is 31.3. The molecule has 1 heterocycles. The van der Waals surface area contributed by atoms with Gasteiger partial charge in [-0.2, -0.15) is 0 Å². The van der Waals surface area contributed by atoms with Crippen molar-refractivity contribution in [2.75, 3.05) is 13.6 Å². The average Bonchev–Trinajstić information content (AvgIpc) is 3.36. The molecule has 5 rings (SSSR count). The number of hydrogen-bond donors (Lipinski definition) is 1. The molecule has 0 aliphatic heterocycles. The number of aromatic carboxylic acids is 1. The second kappa shape index (κ2) is 12.3. The number of nitrogens with zero attached hydrogens (tertiary/aromatic N) is 2. The number of carboxylic acid groups (broad SMARTS) is 1. The molecular formula is C34H30N2O5. The lowest BCUT2D eigenvalue weighted by molar-refractivity contribution is -0.130. The highest BCUT2D eigenvalue weighted by molar-refractivity contribution is 6.19. The highest BCUT2D eigenvalue weighted by Crippen LogP contribution is 2.29. The van der Waals surface area contributed by atoms with Gasteiger partial charge in [0.15, 0.2) is 5.78 Å². The number of benzene rings is 4. The minimum Gasteiger partial charge on any atom is -0.489 e. The Balaban J connectivity index is 1.45. The van der Waals surface area contributed by atoms with E-state index in [2.05, 4.69) is 0 Å². The Morgan fingerprint density at radius 3 is 2.10 bits per heavy atom. The third-order valence-corrected chi connectivity index (χ3v) is 7.06. The second-order valence-electron chi connectivity index (χ2n) is 9.85. The molecule has 7 nitrogen and oxygen atoms in total. The van der Waals surface area contributed by atoms with E-state index < -0.39 is 11.8 Å². The Labute approximate surface area is 238 Å². The van der Waals surface area contributed by atoms with E-state index >= 15 is 0 Å². The van der Waals surface area contributed by atoms with Crippen molar-refractivity contribution in [1.29, 1.82) is 0 Å². The van der Waals surface area contributed by atoms with Crippen molar-refractivity contribution < 1.29 is 24.2 Å². The number of rotatable bonds is 11. The first-order valence-electron chi connectivity index (χ1n) is 13.3. The molecule has 1 amide bonds. The monoisotopic (exact) mass is 546 g/mol. The van der Waals surface area contributed by atoms with Gasteiger partial charge < -0.3 is 19.3 Å². The minimum atomic E-state index is -1.18. The molecule has 0 bridgehead atoms. The molecule has 0 aliphatic carbocycles. The summed E-state index contributed by atoms with van der Waals surface area (Å²) in [5.74, 6) is -1.16. The van der Waals surface area contributed by atoms with E-state index in [0.29, 0.717) is 35.4 Å². The standard InChI is InChI=1S/C34H30N2O5/c1-35(19-18-24-10-4-2-5-11-24)32(37)22-36-21-30(33(38)27-14-8-9-15-28(27)34(39)40)29-20-26(16-17-31(29)36)41-23-25-12-6-3-7-13-25/h2-17,20-21H,18-19,22-23H2,1H3,(H,39,40). The van der Waals surface area contributed by atoms with Crippen molar-refractivity contribution in [3.8, 4) is 5.75 Å². The first-order chi connectivity index (χ1) is 19.9. The highest BCUT2D eigenvalue weighted by Gasteiger charge is 2.23. The molecule has 0 spiro atoms. The van der Waals surface area contributed by atoms with Crippen LogP contribution in [0.15, 0.2) is 109 Å². The molecule has 0 atom stereocenters. The van der Waals surface area contributed by atoms with Gasteiger partial charge >= 0.3 is 5.97 Å². The molecule has 206 valence electrons. The van der Waals surface area contributed by atoms with Crippen LogP contribution >= 0.6 is 0 Å². The number of ketones is 1. The number of amides is 1. The zero-order valence-electron chi connectivity index (χ0n) is 22.7. The maximum Gasteiger partial charge on any atom is 0.336 e. The van der Waals surface area contributed by atoms with Gasteiger partial charge in [-0.25, -0.2) is 4.79 Å². The van der Waals surface area contributed by atoms with Crippen LogP contribution in [0, 0.1) is 0 Å². The van der Waals surface area contributed by atoms with Crippen LogP contribution in [0.1, 0.15) is 37.4 Å². The number of likely N-dealkylation sites (N-methyl/N-ethyl adjacent to an activating group) is 1. The molecule has 0 saturated carbocycles. The van der Waals surface area contributed by atoms with Crippen molar-refractivity contribution in [2.45, 2.75) is 19.6 Å². The van der Waals surface area contributed by atoms with Gasteiger partial charge in [-0.05, 0) is 41.8 Å². The predicted octanol–water partition coefficient (Wildman–Crippen LogP) is 5.85. The summed E-state index contributed by atoms with van der Waals surface area (Å²) in [5.41, 5.74) is 3.14.